The van der Waals surface area contributed by atoms with Gasteiger partial charge in [-0.25, -0.2) is 4.39 Å². The minimum atomic E-state index is -0.673. The molecular weight excluding hydrogens is 239 g/mol. The molecule has 2 nitrogen and oxygen atoms in total. The molecule has 0 radical (unpaired) electrons. The van der Waals surface area contributed by atoms with Crippen LogP contribution < -0.4 is 0 Å². The van der Waals surface area contributed by atoms with Crippen LogP contribution in [0, 0.1) is 5.92 Å². The first kappa shape index (κ1) is 16.8. The minimum absolute atomic E-state index is 0.158. The molecule has 1 atom stereocenters. The van der Waals surface area contributed by atoms with Crippen molar-refractivity contribution in [1.29, 1.82) is 0 Å². The molecule has 1 unspecified atom stereocenters. The Bertz CT molecular complexity index is 198. The number of alkyl halides is 1. The standard InChI is InChI=1S/C13H25FO2S/c1-4-6-12(14)7-5-8-17-10-13(15)16-9-11(2)3/h11-12H,4-10H2,1-3H3. The van der Waals surface area contributed by atoms with Gasteiger partial charge in [0.2, 0.25) is 0 Å². The molecule has 0 saturated carbocycles. The fourth-order valence-corrected chi connectivity index (χ4v) is 2.09. The van der Waals surface area contributed by atoms with Gasteiger partial charge in [-0.1, -0.05) is 27.2 Å². The Labute approximate surface area is 109 Å². The van der Waals surface area contributed by atoms with Crippen molar-refractivity contribution in [3.63, 3.8) is 0 Å². The van der Waals surface area contributed by atoms with Crippen molar-refractivity contribution in [3.8, 4) is 0 Å². The Morgan fingerprint density at radius 3 is 2.65 bits per heavy atom. The highest BCUT2D eigenvalue weighted by Gasteiger charge is 2.06. The molecule has 0 aliphatic heterocycles. The van der Waals surface area contributed by atoms with Crippen molar-refractivity contribution in [2.24, 2.45) is 5.92 Å². The van der Waals surface area contributed by atoms with Crippen LogP contribution in [0.2, 0.25) is 0 Å². The summed E-state index contributed by atoms with van der Waals surface area (Å²) in [5.41, 5.74) is 0. The van der Waals surface area contributed by atoms with Gasteiger partial charge in [0, 0.05) is 0 Å². The SMILES string of the molecule is CCCC(F)CCCSCC(=O)OCC(C)C. The molecule has 0 saturated heterocycles. The summed E-state index contributed by atoms with van der Waals surface area (Å²) >= 11 is 1.53. The lowest BCUT2D eigenvalue weighted by Crippen LogP contribution is -2.12. The Hall–Kier alpha value is -0.250. The molecule has 0 aliphatic carbocycles. The summed E-state index contributed by atoms with van der Waals surface area (Å²) in [4.78, 5) is 11.2. The molecule has 4 heteroatoms. The Kier molecular flexibility index (Phi) is 10.7. The third-order valence-corrected chi connectivity index (χ3v) is 3.22. The zero-order valence-electron chi connectivity index (χ0n) is 11.2. The van der Waals surface area contributed by atoms with Crippen LogP contribution in [0.3, 0.4) is 0 Å². The number of rotatable bonds is 10. The minimum Gasteiger partial charge on any atom is -0.465 e. The van der Waals surface area contributed by atoms with Gasteiger partial charge in [0.05, 0.1) is 12.4 Å². The molecule has 0 aromatic heterocycles. The van der Waals surface area contributed by atoms with Crippen molar-refractivity contribution in [2.75, 3.05) is 18.1 Å². The van der Waals surface area contributed by atoms with Crippen LogP contribution in [0.25, 0.3) is 0 Å². The van der Waals surface area contributed by atoms with Gasteiger partial charge in [0.1, 0.15) is 6.17 Å². The van der Waals surface area contributed by atoms with E-state index in [0.717, 1.165) is 18.6 Å². The monoisotopic (exact) mass is 264 g/mol. The molecule has 0 bridgehead atoms. The maximum absolute atomic E-state index is 13.1. The van der Waals surface area contributed by atoms with Crippen LogP contribution in [0.1, 0.15) is 46.5 Å². The Balaban J connectivity index is 3.30. The van der Waals surface area contributed by atoms with Crippen LogP contribution in [0.15, 0.2) is 0 Å². The number of carbonyl (C=O) groups is 1. The first-order valence-electron chi connectivity index (χ1n) is 6.43. The van der Waals surface area contributed by atoms with Crippen LogP contribution in [0.5, 0.6) is 0 Å². The molecule has 0 heterocycles. The van der Waals surface area contributed by atoms with Gasteiger partial charge in [0.15, 0.2) is 0 Å². The van der Waals surface area contributed by atoms with E-state index in [4.69, 9.17) is 4.74 Å². The maximum atomic E-state index is 13.1. The van der Waals surface area contributed by atoms with Gasteiger partial charge in [-0.15, -0.1) is 0 Å². The average Bonchev–Trinajstić information content (AvgIpc) is 2.26. The number of esters is 1. The highest BCUT2D eigenvalue weighted by atomic mass is 32.2. The van der Waals surface area contributed by atoms with Crippen molar-refractivity contribution in [1.82, 2.24) is 0 Å². The number of hydrogen-bond donors (Lipinski definition) is 0. The lowest BCUT2D eigenvalue weighted by molar-refractivity contribution is -0.141. The summed E-state index contributed by atoms with van der Waals surface area (Å²) in [6.45, 7) is 6.50. The summed E-state index contributed by atoms with van der Waals surface area (Å²) in [6, 6.07) is 0. The third-order valence-electron chi connectivity index (χ3n) is 2.21. The van der Waals surface area contributed by atoms with Crippen LogP contribution in [0.4, 0.5) is 4.39 Å². The van der Waals surface area contributed by atoms with Gasteiger partial charge in [-0.3, -0.25) is 4.79 Å². The fraction of sp³-hybridized carbons (Fsp3) is 0.923. The Morgan fingerprint density at radius 2 is 2.06 bits per heavy atom. The predicted molar refractivity (Wildman–Crippen MR) is 72.2 cm³/mol. The van der Waals surface area contributed by atoms with Gasteiger partial charge >= 0.3 is 5.97 Å². The van der Waals surface area contributed by atoms with E-state index >= 15 is 0 Å². The maximum Gasteiger partial charge on any atom is 0.315 e. The zero-order valence-corrected chi connectivity index (χ0v) is 12.0. The summed E-state index contributed by atoms with van der Waals surface area (Å²) in [5.74, 6) is 1.44. The molecule has 0 N–H and O–H groups in total. The van der Waals surface area contributed by atoms with Crippen LogP contribution in [-0.4, -0.2) is 30.3 Å². The molecule has 0 spiro atoms. The van der Waals surface area contributed by atoms with Crippen molar-refractivity contribution < 1.29 is 13.9 Å². The topological polar surface area (TPSA) is 26.3 Å². The van der Waals surface area contributed by atoms with Crippen LogP contribution in [-0.2, 0) is 9.53 Å². The summed E-state index contributed by atoms with van der Waals surface area (Å²) < 4.78 is 18.1. The van der Waals surface area contributed by atoms with Crippen molar-refractivity contribution in [3.05, 3.63) is 0 Å². The molecule has 0 aliphatic rings. The second-order valence-electron chi connectivity index (χ2n) is 4.66. The van der Waals surface area contributed by atoms with Gasteiger partial charge in [-0.2, -0.15) is 11.8 Å². The van der Waals surface area contributed by atoms with Gasteiger partial charge in [0.25, 0.3) is 0 Å². The lowest BCUT2D eigenvalue weighted by atomic mass is 10.1. The van der Waals surface area contributed by atoms with E-state index in [1.54, 1.807) is 0 Å². The molecule has 0 aromatic rings. The van der Waals surface area contributed by atoms with E-state index in [0.29, 0.717) is 31.1 Å². The third kappa shape index (κ3) is 12.0. The molecule has 0 fully saturated rings. The van der Waals surface area contributed by atoms with E-state index in [1.807, 2.05) is 20.8 Å². The summed E-state index contributed by atoms with van der Waals surface area (Å²) in [5, 5.41) is 0. The average molecular weight is 264 g/mol. The largest absolute Gasteiger partial charge is 0.465 e. The number of ether oxygens (including phenoxy) is 1. The first-order chi connectivity index (χ1) is 8.06. The number of hydrogen-bond acceptors (Lipinski definition) is 3. The molecule has 0 rings (SSSR count). The Morgan fingerprint density at radius 1 is 1.35 bits per heavy atom. The molecule has 102 valence electrons. The first-order valence-corrected chi connectivity index (χ1v) is 7.59. The highest BCUT2D eigenvalue weighted by molar-refractivity contribution is 7.99. The molecule has 0 aromatic carbocycles. The van der Waals surface area contributed by atoms with E-state index < -0.39 is 6.17 Å². The van der Waals surface area contributed by atoms with E-state index in [9.17, 15) is 9.18 Å². The summed E-state index contributed by atoms with van der Waals surface area (Å²) in [7, 11) is 0. The van der Waals surface area contributed by atoms with Crippen LogP contribution >= 0.6 is 11.8 Å². The molecule has 0 amide bonds. The van der Waals surface area contributed by atoms with E-state index in [-0.39, 0.29) is 5.97 Å². The normalized spacial score (nSPS) is 12.8. The highest BCUT2D eigenvalue weighted by Crippen LogP contribution is 2.12. The zero-order chi connectivity index (χ0) is 13.1. The smallest absolute Gasteiger partial charge is 0.315 e. The molecular formula is C13H25FO2S. The second kappa shape index (κ2) is 10.9. The van der Waals surface area contributed by atoms with Gasteiger partial charge in [-0.05, 0) is 30.9 Å². The lowest BCUT2D eigenvalue weighted by Gasteiger charge is -2.07. The quantitative estimate of drug-likeness (QED) is 0.443. The number of carbonyl (C=O) groups excluding carboxylic acids is 1. The van der Waals surface area contributed by atoms with E-state index in [2.05, 4.69) is 0 Å². The predicted octanol–water partition coefficient (Wildman–Crippen LogP) is 3.84. The number of thioether (sulfide) groups is 1. The van der Waals surface area contributed by atoms with Crippen molar-refractivity contribution >= 4 is 17.7 Å². The number of halogens is 1. The second-order valence-corrected chi connectivity index (χ2v) is 5.76. The van der Waals surface area contributed by atoms with Gasteiger partial charge < -0.3 is 4.74 Å². The fourth-order valence-electron chi connectivity index (χ4n) is 1.32. The van der Waals surface area contributed by atoms with Crippen molar-refractivity contribution in [2.45, 2.75) is 52.6 Å². The molecule has 17 heavy (non-hydrogen) atoms. The van der Waals surface area contributed by atoms with E-state index in [1.165, 1.54) is 11.8 Å². The summed E-state index contributed by atoms with van der Waals surface area (Å²) in [6.07, 6.45) is 2.33.